The third kappa shape index (κ3) is 5.72. The Morgan fingerprint density at radius 1 is 1.10 bits per heavy atom. The monoisotopic (exact) mass is 452 g/mol. The topological polar surface area (TPSA) is 93.1 Å². The van der Waals surface area contributed by atoms with Crippen molar-refractivity contribution < 1.29 is 13.2 Å². The number of sulfonamides is 1. The summed E-state index contributed by atoms with van der Waals surface area (Å²) in [5.74, 6) is -0.384. The van der Waals surface area contributed by atoms with Gasteiger partial charge in [0, 0.05) is 41.8 Å². The van der Waals surface area contributed by atoms with E-state index in [1.54, 1.807) is 23.0 Å². The van der Waals surface area contributed by atoms with Crippen LogP contribution in [0, 0.1) is 0 Å². The van der Waals surface area contributed by atoms with E-state index in [1.165, 1.54) is 30.3 Å². The SMILES string of the molecule is O=C(NCCCn1cccn1)c1ccc(Cl)c(S(=O)(=O)Nc2ccc(Cl)cc2)c1. The maximum atomic E-state index is 12.7. The molecule has 1 amide bonds. The molecule has 1 heterocycles. The van der Waals surface area contributed by atoms with Crippen LogP contribution in [0.4, 0.5) is 5.69 Å². The summed E-state index contributed by atoms with van der Waals surface area (Å²) in [4.78, 5) is 12.2. The van der Waals surface area contributed by atoms with Crippen LogP contribution >= 0.6 is 23.2 Å². The second-order valence-electron chi connectivity index (χ2n) is 6.14. The summed E-state index contributed by atoms with van der Waals surface area (Å²) in [5.41, 5.74) is 0.531. The van der Waals surface area contributed by atoms with Crippen LogP contribution in [0.1, 0.15) is 16.8 Å². The minimum absolute atomic E-state index is 0.0155. The van der Waals surface area contributed by atoms with E-state index < -0.39 is 10.0 Å². The first-order chi connectivity index (χ1) is 13.8. The second-order valence-corrected chi connectivity index (χ2v) is 8.63. The van der Waals surface area contributed by atoms with Crippen molar-refractivity contribution in [2.24, 2.45) is 0 Å². The Balaban J connectivity index is 1.67. The lowest BCUT2D eigenvalue weighted by Crippen LogP contribution is -2.25. The van der Waals surface area contributed by atoms with Gasteiger partial charge in [0.2, 0.25) is 0 Å². The van der Waals surface area contributed by atoms with Gasteiger partial charge < -0.3 is 5.32 Å². The molecule has 2 N–H and O–H groups in total. The summed E-state index contributed by atoms with van der Waals surface area (Å²) < 4.78 is 29.6. The fourth-order valence-electron chi connectivity index (χ4n) is 2.56. The Bertz CT molecular complexity index is 1090. The molecule has 0 aliphatic carbocycles. The van der Waals surface area contributed by atoms with Gasteiger partial charge in [-0.1, -0.05) is 23.2 Å². The molecule has 7 nitrogen and oxygen atoms in total. The molecular formula is C19H18Cl2N4O3S. The number of halogens is 2. The number of aromatic nitrogens is 2. The normalized spacial score (nSPS) is 11.2. The molecule has 152 valence electrons. The Labute approximate surface area is 178 Å². The lowest BCUT2D eigenvalue weighted by Gasteiger charge is -2.11. The molecule has 3 rings (SSSR count). The highest BCUT2D eigenvalue weighted by molar-refractivity contribution is 7.92. The van der Waals surface area contributed by atoms with Crippen molar-refractivity contribution in [2.75, 3.05) is 11.3 Å². The second kappa shape index (κ2) is 9.30. The molecule has 2 aromatic carbocycles. The first-order valence-corrected chi connectivity index (χ1v) is 10.9. The van der Waals surface area contributed by atoms with Crippen LogP contribution < -0.4 is 10.0 Å². The van der Waals surface area contributed by atoms with Crippen LogP contribution in [0.25, 0.3) is 0 Å². The molecule has 0 saturated heterocycles. The zero-order valence-electron chi connectivity index (χ0n) is 15.2. The van der Waals surface area contributed by atoms with E-state index in [0.29, 0.717) is 30.2 Å². The summed E-state index contributed by atoms with van der Waals surface area (Å²) in [6.45, 7) is 1.09. The Morgan fingerprint density at radius 3 is 2.55 bits per heavy atom. The lowest BCUT2D eigenvalue weighted by molar-refractivity contribution is 0.0952. The highest BCUT2D eigenvalue weighted by atomic mass is 35.5. The summed E-state index contributed by atoms with van der Waals surface area (Å²) in [6.07, 6.45) is 4.21. The minimum Gasteiger partial charge on any atom is -0.352 e. The largest absolute Gasteiger partial charge is 0.352 e. The molecule has 0 aliphatic rings. The third-order valence-electron chi connectivity index (χ3n) is 3.99. The molecule has 0 unspecified atom stereocenters. The van der Waals surface area contributed by atoms with Gasteiger partial charge in [-0.05, 0) is 55.0 Å². The summed E-state index contributed by atoms with van der Waals surface area (Å²) >= 11 is 11.9. The number of hydrogen-bond acceptors (Lipinski definition) is 4. The fourth-order valence-corrected chi connectivity index (χ4v) is 4.27. The zero-order chi connectivity index (χ0) is 20.9. The Morgan fingerprint density at radius 2 is 1.86 bits per heavy atom. The molecule has 0 atom stereocenters. The first-order valence-electron chi connectivity index (χ1n) is 8.69. The number of anilines is 1. The van der Waals surface area contributed by atoms with Crippen molar-refractivity contribution in [1.82, 2.24) is 15.1 Å². The molecule has 1 aromatic heterocycles. The van der Waals surface area contributed by atoms with Crippen molar-refractivity contribution in [3.63, 3.8) is 0 Å². The van der Waals surface area contributed by atoms with Crippen molar-refractivity contribution in [3.05, 3.63) is 76.5 Å². The smallest absolute Gasteiger partial charge is 0.263 e. The minimum atomic E-state index is -3.98. The number of carbonyl (C=O) groups is 1. The maximum Gasteiger partial charge on any atom is 0.263 e. The van der Waals surface area contributed by atoms with Gasteiger partial charge in [-0.25, -0.2) is 8.42 Å². The number of carbonyl (C=O) groups excluding carboxylic acids is 1. The molecule has 3 aromatic rings. The highest BCUT2D eigenvalue weighted by Gasteiger charge is 2.20. The van der Waals surface area contributed by atoms with Crippen LogP contribution in [0.15, 0.2) is 65.8 Å². The molecule has 10 heteroatoms. The number of hydrogen-bond donors (Lipinski definition) is 2. The molecule has 0 saturated carbocycles. The first kappa shape index (κ1) is 21.2. The van der Waals surface area contributed by atoms with E-state index in [0.717, 1.165) is 0 Å². The van der Waals surface area contributed by atoms with Gasteiger partial charge in [0.15, 0.2) is 0 Å². The average molecular weight is 453 g/mol. The van der Waals surface area contributed by atoms with Gasteiger partial charge >= 0.3 is 0 Å². The Hall–Kier alpha value is -2.55. The van der Waals surface area contributed by atoms with Crippen molar-refractivity contribution in [2.45, 2.75) is 17.9 Å². The average Bonchev–Trinajstić information content (AvgIpc) is 3.20. The fraction of sp³-hybridized carbons (Fsp3) is 0.158. The Kier molecular flexibility index (Phi) is 6.79. The number of benzene rings is 2. The maximum absolute atomic E-state index is 12.7. The standard InChI is InChI=1S/C19H18Cl2N4O3S/c20-15-4-6-16(7-5-15)24-29(27,28)18-13-14(3-8-17(18)21)19(26)22-9-1-11-25-12-2-10-23-25/h2-8,10,12-13,24H,1,9,11H2,(H,22,26). The number of nitrogens with one attached hydrogen (secondary N) is 2. The predicted octanol–water partition coefficient (Wildman–Crippen LogP) is 3.81. The van der Waals surface area contributed by atoms with E-state index in [-0.39, 0.29) is 21.4 Å². The number of aryl methyl sites for hydroxylation is 1. The third-order valence-corrected chi connectivity index (χ3v) is 6.10. The van der Waals surface area contributed by atoms with Crippen LogP contribution in [0.5, 0.6) is 0 Å². The van der Waals surface area contributed by atoms with Gasteiger partial charge in [0.05, 0.1) is 5.02 Å². The van der Waals surface area contributed by atoms with Crippen molar-refractivity contribution in [3.8, 4) is 0 Å². The highest BCUT2D eigenvalue weighted by Crippen LogP contribution is 2.25. The van der Waals surface area contributed by atoms with Crippen LogP contribution in [-0.2, 0) is 16.6 Å². The van der Waals surface area contributed by atoms with Gasteiger partial charge in [-0.15, -0.1) is 0 Å². The van der Waals surface area contributed by atoms with Crippen LogP contribution in [0.2, 0.25) is 10.0 Å². The quantitative estimate of drug-likeness (QED) is 0.508. The summed E-state index contributed by atoms with van der Waals surface area (Å²) in [7, 11) is -3.98. The van der Waals surface area contributed by atoms with Gasteiger partial charge in [0.25, 0.3) is 15.9 Å². The summed E-state index contributed by atoms with van der Waals surface area (Å²) in [6, 6.07) is 12.1. The number of nitrogens with zero attached hydrogens (tertiary/aromatic N) is 2. The molecule has 29 heavy (non-hydrogen) atoms. The van der Waals surface area contributed by atoms with E-state index in [9.17, 15) is 13.2 Å². The zero-order valence-corrected chi connectivity index (χ0v) is 17.5. The molecular weight excluding hydrogens is 435 g/mol. The van der Waals surface area contributed by atoms with Gasteiger partial charge in [-0.2, -0.15) is 5.10 Å². The number of rotatable bonds is 8. The molecule has 0 bridgehead atoms. The molecule has 0 aliphatic heterocycles. The van der Waals surface area contributed by atoms with Gasteiger partial charge in [0.1, 0.15) is 4.90 Å². The van der Waals surface area contributed by atoms with Crippen LogP contribution in [-0.4, -0.2) is 30.7 Å². The summed E-state index contributed by atoms with van der Waals surface area (Å²) in [5, 5.41) is 7.35. The molecule has 0 spiro atoms. The lowest BCUT2D eigenvalue weighted by atomic mass is 10.2. The predicted molar refractivity (Wildman–Crippen MR) is 113 cm³/mol. The molecule has 0 fully saturated rings. The van der Waals surface area contributed by atoms with E-state index >= 15 is 0 Å². The molecule has 0 radical (unpaired) electrons. The van der Waals surface area contributed by atoms with Crippen molar-refractivity contribution >= 4 is 44.8 Å². The van der Waals surface area contributed by atoms with Crippen molar-refractivity contribution in [1.29, 1.82) is 0 Å². The van der Waals surface area contributed by atoms with E-state index in [2.05, 4.69) is 15.1 Å². The van der Waals surface area contributed by atoms with E-state index in [1.807, 2.05) is 12.3 Å². The van der Waals surface area contributed by atoms with Crippen LogP contribution in [0.3, 0.4) is 0 Å². The number of amides is 1. The van der Waals surface area contributed by atoms with E-state index in [4.69, 9.17) is 23.2 Å². The van der Waals surface area contributed by atoms with Gasteiger partial charge in [-0.3, -0.25) is 14.2 Å².